The third kappa shape index (κ3) is 3.42. The van der Waals surface area contributed by atoms with E-state index < -0.39 is 0 Å². The number of aromatic nitrogens is 4. The van der Waals surface area contributed by atoms with Crippen LogP contribution < -0.4 is 5.32 Å². The Morgan fingerprint density at radius 1 is 1.18 bits per heavy atom. The Balaban J connectivity index is 0.00000176. The molecule has 2 atom stereocenters. The van der Waals surface area contributed by atoms with Crippen molar-refractivity contribution in [2.75, 3.05) is 13.1 Å². The molecule has 1 aliphatic heterocycles. The predicted molar refractivity (Wildman–Crippen MR) is 84.4 cm³/mol. The minimum Gasteiger partial charge on any atom is -0.336 e. The molecule has 1 fully saturated rings. The largest absolute Gasteiger partial charge is 0.336 e. The van der Waals surface area contributed by atoms with Crippen LogP contribution in [0.3, 0.4) is 0 Å². The van der Waals surface area contributed by atoms with Crippen molar-refractivity contribution in [3.05, 3.63) is 36.2 Å². The molecule has 1 amide bonds. The van der Waals surface area contributed by atoms with Gasteiger partial charge < -0.3 is 10.2 Å². The summed E-state index contributed by atoms with van der Waals surface area (Å²) in [6, 6.07) is 7.96. The average molecular weight is 323 g/mol. The molecule has 1 saturated heterocycles. The van der Waals surface area contributed by atoms with Crippen LogP contribution in [0.1, 0.15) is 24.2 Å². The minimum atomic E-state index is 0. The molecule has 8 heteroatoms. The number of carbonyl (C=O) groups is 1. The average Bonchev–Trinajstić information content (AvgIpc) is 3.00. The summed E-state index contributed by atoms with van der Waals surface area (Å²) in [5.41, 5.74) is 1.52. The number of rotatable bonds is 2. The van der Waals surface area contributed by atoms with Crippen molar-refractivity contribution >= 4 is 18.3 Å². The topological polar surface area (TPSA) is 75.9 Å². The minimum absolute atomic E-state index is 0. The Morgan fingerprint density at radius 3 is 2.36 bits per heavy atom. The molecule has 0 spiro atoms. The fraction of sp³-hybridized carbons (Fsp3) is 0.429. The molecule has 2 unspecified atom stereocenters. The van der Waals surface area contributed by atoms with Crippen LogP contribution in [0.15, 0.2) is 30.6 Å². The lowest BCUT2D eigenvalue weighted by Crippen LogP contribution is -2.55. The van der Waals surface area contributed by atoms with Gasteiger partial charge in [0.1, 0.15) is 6.33 Å². The summed E-state index contributed by atoms with van der Waals surface area (Å²) in [5.74, 6) is 0.0680. The van der Waals surface area contributed by atoms with E-state index in [0.29, 0.717) is 17.6 Å². The molecular weight excluding hydrogens is 304 g/mol. The molecule has 0 bridgehead atoms. The molecule has 7 nitrogen and oxygen atoms in total. The maximum Gasteiger partial charge on any atom is 0.253 e. The SMILES string of the molecule is CC1CN(C(=O)c2ccc(-n3cnnn3)cc2)CC(C)N1.Cl. The normalized spacial score (nSPS) is 21.3. The van der Waals surface area contributed by atoms with Gasteiger partial charge >= 0.3 is 0 Å². The molecule has 22 heavy (non-hydrogen) atoms. The molecule has 1 N–H and O–H groups in total. The summed E-state index contributed by atoms with van der Waals surface area (Å²) in [7, 11) is 0. The fourth-order valence-corrected chi connectivity index (χ4v) is 2.71. The standard InChI is InChI=1S/C14H18N6O.ClH/c1-10-7-19(8-11(2)16-10)14(21)12-3-5-13(6-4-12)20-9-15-17-18-20;/h3-6,9-11,16H,7-8H2,1-2H3;1H. The third-order valence-electron chi connectivity index (χ3n) is 3.57. The summed E-state index contributed by atoms with van der Waals surface area (Å²) in [6.45, 7) is 5.66. The van der Waals surface area contributed by atoms with E-state index in [2.05, 4.69) is 34.7 Å². The summed E-state index contributed by atoms with van der Waals surface area (Å²) >= 11 is 0. The smallest absolute Gasteiger partial charge is 0.253 e. The van der Waals surface area contributed by atoms with Gasteiger partial charge in [-0.2, -0.15) is 0 Å². The summed E-state index contributed by atoms with van der Waals surface area (Å²) in [6.07, 6.45) is 1.52. The first-order valence-electron chi connectivity index (χ1n) is 7.02. The van der Waals surface area contributed by atoms with Crippen LogP contribution in [-0.4, -0.2) is 56.2 Å². The molecule has 1 aromatic heterocycles. The summed E-state index contributed by atoms with van der Waals surface area (Å²) in [4.78, 5) is 14.4. The quantitative estimate of drug-likeness (QED) is 0.889. The number of halogens is 1. The Kier molecular flexibility index (Phi) is 5.10. The molecule has 2 heterocycles. The van der Waals surface area contributed by atoms with Gasteiger partial charge in [-0.15, -0.1) is 17.5 Å². The lowest BCUT2D eigenvalue weighted by Gasteiger charge is -2.36. The van der Waals surface area contributed by atoms with E-state index in [4.69, 9.17) is 0 Å². The van der Waals surface area contributed by atoms with Gasteiger partial charge in [0.2, 0.25) is 0 Å². The molecule has 118 valence electrons. The van der Waals surface area contributed by atoms with Gasteiger partial charge in [-0.1, -0.05) is 0 Å². The number of tetrazole rings is 1. The summed E-state index contributed by atoms with van der Waals surface area (Å²) < 4.78 is 1.56. The Bertz CT molecular complexity index is 605. The highest BCUT2D eigenvalue weighted by Crippen LogP contribution is 2.13. The third-order valence-corrected chi connectivity index (χ3v) is 3.57. The molecule has 1 aliphatic rings. The van der Waals surface area contributed by atoms with Gasteiger partial charge in [-0.25, -0.2) is 4.68 Å². The molecular formula is C14H19ClN6O. The highest BCUT2D eigenvalue weighted by atomic mass is 35.5. The van der Waals surface area contributed by atoms with Crippen molar-refractivity contribution in [2.24, 2.45) is 0 Å². The molecule has 0 aliphatic carbocycles. The Labute approximate surface area is 135 Å². The van der Waals surface area contributed by atoms with E-state index >= 15 is 0 Å². The molecule has 2 aromatic rings. The van der Waals surface area contributed by atoms with Crippen LogP contribution in [0.4, 0.5) is 0 Å². The van der Waals surface area contributed by atoms with Crippen molar-refractivity contribution in [3.63, 3.8) is 0 Å². The van der Waals surface area contributed by atoms with Gasteiger partial charge in [-0.3, -0.25) is 4.79 Å². The van der Waals surface area contributed by atoms with Crippen LogP contribution in [0.2, 0.25) is 0 Å². The number of carbonyl (C=O) groups excluding carboxylic acids is 1. The monoisotopic (exact) mass is 322 g/mol. The van der Waals surface area contributed by atoms with E-state index in [0.717, 1.165) is 18.8 Å². The van der Waals surface area contributed by atoms with Crippen molar-refractivity contribution < 1.29 is 4.79 Å². The highest BCUT2D eigenvalue weighted by Gasteiger charge is 2.25. The number of nitrogens with one attached hydrogen (secondary N) is 1. The van der Waals surface area contributed by atoms with Crippen molar-refractivity contribution in [3.8, 4) is 5.69 Å². The van der Waals surface area contributed by atoms with E-state index in [-0.39, 0.29) is 18.3 Å². The lowest BCUT2D eigenvalue weighted by atomic mass is 10.1. The first-order valence-corrected chi connectivity index (χ1v) is 7.02. The van der Waals surface area contributed by atoms with E-state index in [1.165, 1.54) is 6.33 Å². The van der Waals surface area contributed by atoms with Gasteiger partial charge in [0.05, 0.1) is 5.69 Å². The number of nitrogens with zero attached hydrogens (tertiary/aromatic N) is 5. The zero-order chi connectivity index (χ0) is 14.8. The number of benzene rings is 1. The molecule has 0 radical (unpaired) electrons. The van der Waals surface area contributed by atoms with Crippen LogP contribution in [0.5, 0.6) is 0 Å². The van der Waals surface area contributed by atoms with Crippen LogP contribution >= 0.6 is 12.4 Å². The zero-order valence-corrected chi connectivity index (χ0v) is 13.3. The number of hydrogen-bond donors (Lipinski definition) is 1. The van der Waals surface area contributed by atoms with Crippen molar-refractivity contribution in [1.29, 1.82) is 0 Å². The van der Waals surface area contributed by atoms with E-state index in [9.17, 15) is 4.79 Å². The first kappa shape index (κ1) is 16.4. The molecule has 3 rings (SSSR count). The van der Waals surface area contributed by atoms with Crippen molar-refractivity contribution in [2.45, 2.75) is 25.9 Å². The van der Waals surface area contributed by atoms with E-state index in [1.54, 1.807) is 4.68 Å². The second-order valence-corrected chi connectivity index (χ2v) is 5.48. The van der Waals surface area contributed by atoms with E-state index in [1.807, 2.05) is 29.2 Å². The van der Waals surface area contributed by atoms with Gasteiger partial charge in [0, 0.05) is 30.7 Å². The highest BCUT2D eigenvalue weighted by molar-refractivity contribution is 5.94. The predicted octanol–water partition coefficient (Wildman–Crippen LogP) is 0.906. The van der Waals surface area contributed by atoms with Crippen LogP contribution in [0.25, 0.3) is 5.69 Å². The fourth-order valence-electron chi connectivity index (χ4n) is 2.71. The Morgan fingerprint density at radius 2 is 1.82 bits per heavy atom. The molecule has 1 aromatic carbocycles. The maximum absolute atomic E-state index is 12.5. The number of hydrogen-bond acceptors (Lipinski definition) is 5. The van der Waals surface area contributed by atoms with Crippen molar-refractivity contribution in [1.82, 2.24) is 30.4 Å². The maximum atomic E-state index is 12.5. The Hall–Kier alpha value is -1.99. The number of amides is 1. The lowest BCUT2D eigenvalue weighted by molar-refractivity contribution is 0.0674. The summed E-state index contributed by atoms with van der Waals surface area (Å²) in [5, 5.41) is 14.4. The van der Waals surface area contributed by atoms with Crippen LogP contribution in [0, 0.1) is 0 Å². The second kappa shape index (κ2) is 6.85. The van der Waals surface area contributed by atoms with Gasteiger partial charge in [0.15, 0.2) is 0 Å². The second-order valence-electron chi connectivity index (χ2n) is 5.48. The van der Waals surface area contributed by atoms with Gasteiger partial charge in [-0.05, 0) is 48.5 Å². The van der Waals surface area contributed by atoms with Crippen LogP contribution in [-0.2, 0) is 0 Å². The zero-order valence-electron chi connectivity index (χ0n) is 12.5. The molecule has 0 saturated carbocycles. The first-order chi connectivity index (χ1) is 10.1. The number of piperazine rings is 1. The van der Waals surface area contributed by atoms with Gasteiger partial charge in [0.25, 0.3) is 5.91 Å².